The number of pyridine rings is 1. The molecule has 1 aliphatic heterocycles. The number of hydrogen-bond donors (Lipinski definition) is 3. The number of aromatic nitrogens is 1. The van der Waals surface area contributed by atoms with Crippen LogP contribution in [0.5, 0.6) is 5.88 Å². The van der Waals surface area contributed by atoms with Crippen molar-refractivity contribution in [1.82, 2.24) is 9.88 Å². The first-order valence-corrected chi connectivity index (χ1v) is 5.73. The Balaban J connectivity index is 1.91. The van der Waals surface area contributed by atoms with Crippen LogP contribution in [0.2, 0.25) is 0 Å². The van der Waals surface area contributed by atoms with Crippen molar-refractivity contribution >= 4 is 17.6 Å². The number of nitrogen functional groups attached to an aromatic ring is 2. The summed E-state index contributed by atoms with van der Waals surface area (Å²) in [5.74, 6) is 0.672. The molecule has 0 aromatic carbocycles. The highest BCUT2D eigenvalue weighted by atomic mass is 16.5. The highest BCUT2D eigenvalue weighted by Crippen LogP contribution is 2.21. The number of likely N-dealkylation sites (tertiary alicyclic amines) is 1. The summed E-state index contributed by atoms with van der Waals surface area (Å²) in [5, 5.41) is 8.82. The smallest absolute Gasteiger partial charge is 0.407 e. The number of anilines is 2. The van der Waals surface area contributed by atoms with E-state index in [-0.39, 0.29) is 11.9 Å². The van der Waals surface area contributed by atoms with Crippen molar-refractivity contribution in [3.05, 3.63) is 12.1 Å². The van der Waals surface area contributed by atoms with Gasteiger partial charge in [0.15, 0.2) is 5.82 Å². The van der Waals surface area contributed by atoms with Crippen LogP contribution in [0.25, 0.3) is 0 Å². The van der Waals surface area contributed by atoms with Crippen LogP contribution >= 0.6 is 0 Å². The number of carboxylic acid groups (broad SMARTS) is 1. The molecule has 0 saturated carbocycles. The second-order valence-corrected chi connectivity index (χ2v) is 4.21. The first kappa shape index (κ1) is 12.3. The summed E-state index contributed by atoms with van der Waals surface area (Å²) in [6, 6.07) is 3.30. The molecule has 1 aliphatic rings. The van der Waals surface area contributed by atoms with E-state index in [9.17, 15) is 4.79 Å². The Morgan fingerprint density at radius 2 is 2.06 bits per heavy atom. The third kappa shape index (κ3) is 2.73. The lowest BCUT2D eigenvalue weighted by Crippen LogP contribution is -2.41. The second kappa shape index (κ2) is 4.99. The summed E-state index contributed by atoms with van der Waals surface area (Å²) in [5.41, 5.74) is 11.6. The van der Waals surface area contributed by atoms with Crippen LogP contribution in [0.1, 0.15) is 12.8 Å². The fourth-order valence-corrected chi connectivity index (χ4v) is 1.87. The number of nitrogens with two attached hydrogens (primary N) is 2. The molecule has 18 heavy (non-hydrogen) atoms. The topological polar surface area (TPSA) is 115 Å². The summed E-state index contributed by atoms with van der Waals surface area (Å²) in [7, 11) is 0. The maximum Gasteiger partial charge on any atom is 0.407 e. The van der Waals surface area contributed by atoms with E-state index < -0.39 is 6.09 Å². The molecule has 1 aromatic heterocycles. The minimum Gasteiger partial charge on any atom is -0.474 e. The van der Waals surface area contributed by atoms with Crippen molar-refractivity contribution in [1.29, 1.82) is 0 Å². The van der Waals surface area contributed by atoms with Crippen molar-refractivity contribution in [2.24, 2.45) is 0 Å². The van der Waals surface area contributed by atoms with E-state index >= 15 is 0 Å². The van der Waals surface area contributed by atoms with Crippen molar-refractivity contribution < 1.29 is 14.6 Å². The fourth-order valence-electron chi connectivity index (χ4n) is 1.87. The van der Waals surface area contributed by atoms with Gasteiger partial charge in [0.2, 0.25) is 5.88 Å². The molecule has 2 heterocycles. The lowest BCUT2D eigenvalue weighted by molar-refractivity contribution is 0.0872. The molecule has 1 aromatic rings. The van der Waals surface area contributed by atoms with Crippen LogP contribution in [-0.2, 0) is 0 Å². The van der Waals surface area contributed by atoms with Crippen molar-refractivity contribution in [3.63, 3.8) is 0 Å². The molecule has 1 fully saturated rings. The molecule has 0 aliphatic carbocycles. The Morgan fingerprint density at radius 1 is 1.39 bits per heavy atom. The van der Waals surface area contributed by atoms with Crippen LogP contribution in [0.4, 0.5) is 16.3 Å². The first-order chi connectivity index (χ1) is 8.56. The fraction of sp³-hybridized carbons (Fsp3) is 0.455. The number of ether oxygens (including phenoxy) is 1. The lowest BCUT2D eigenvalue weighted by atomic mass is 10.1. The normalized spacial score (nSPS) is 16.6. The number of piperidine rings is 1. The molecule has 1 amide bonds. The van der Waals surface area contributed by atoms with Gasteiger partial charge in [-0.2, -0.15) is 4.98 Å². The number of rotatable bonds is 2. The first-order valence-electron chi connectivity index (χ1n) is 5.73. The second-order valence-electron chi connectivity index (χ2n) is 4.21. The van der Waals surface area contributed by atoms with E-state index in [4.69, 9.17) is 21.3 Å². The molecule has 0 unspecified atom stereocenters. The van der Waals surface area contributed by atoms with Gasteiger partial charge in [-0.1, -0.05) is 0 Å². The molecule has 7 nitrogen and oxygen atoms in total. The van der Waals surface area contributed by atoms with E-state index in [1.807, 2.05) is 0 Å². The minimum atomic E-state index is -0.886. The molecular weight excluding hydrogens is 236 g/mol. The molecule has 5 N–H and O–H groups in total. The third-order valence-corrected chi connectivity index (χ3v) is 2.93. The SMILES string of the molecule is Nc1ccc(OC2CCN(C(=O)O)CC2)nc1N. The molecule has 98 valence electrons. The van der Waals surface area contributed by atoms with Gasteiger partial charge in [-0.15, -0.1) is 0 Å². The monoisotopic (exact) mass is 252 g/mol. The van der Waals surface area contributed by atoms with Gasteiger partial charge in [0.25, 0.3) is 0 Å². The van der Waals surface area contributed by atoms with Crippen molar-refractivity contribution in [2.75, 3.05) is 24.6 Å². The van der Waals surface area contributed by atoms with E-state index in [2.05, 4.69) is 4.98 Å². The zero-order valence-electron chi connectivity index (χ0n) is 9.87. The van der Waals surface area contributed by atoms with E-state index in [1.54, 1.807) is 12.1 Å². The predicted molar refractivity (Wildman–Crippen MR) is 66.3 cm³/mol. The number of nitrogens with zero attached hydrogens (tertiary/aromatic N) is 2. The summed E-state index contributed by atoms with van der Waals surface area (Å²) < 4.78 is 5.65. The molecule has 1 saturated heterocycles. The lowest BCUT2D eigenvalue weighted by Gasteiger charge is -2.29. The Labute approximate surface area is 104 Å². The quantitative estimate of drug-likeness (QED) is 0.716. The highest BCUT2D eigenvalue weighted by Gasteiger charge is 2.23. The van der Waals surface area contributed by atoms with Crippen molar-refractivity contribution in [3.8, 4) is 5.88 Å². The average Bonchev–Trinajstić information content (AvgIpc) is 2.34. The zero-order valence-corrected chi connectivity index (χ0v) is 9.87. The van der Waals surface area contributed by atoms with Gasteiger partial charge >= 0.3 is 6.09 Å². The predicted octanol–water partition coefficient (Wildman–Crippen LogP) is 0.767. The number of hydrogen-bond acceptors (Lipinski definition) is 5. The molecule has 0 spiro atoms. The maximum atomic E-state index is 10.7. The summed E-state index contributed by atoms with van der Waals surface area (Å²) in [4.78, 5) is 16.1. The number of carbonyl (C=O) groups is 1. The molecule has 0 bridgehead atoms. The standard InChI is InChI=1S/C11H16N4O3/c12-8-1-2-9(14-10(8)13)18-7-3-5-15(6-4-7)11(16)17/h1-2,7H,3-6,12H2,(H2,13,14)(H,16,17). The summed E-state index contributed by atoms with van der Waals surface area (Å²) >= 11 is 0. The number of amides is 1. The van der Waals surface area contributed by atoms with Gasteiger partial charge in [0, 0.05) is 32.0 Å². The van der Waals surface area contributed by atoms with Gasteiger partial charge in [-0.3, -0.25) is 0 Å². The Morgan fingerprint density at radius 3 is 2.61 bits per heavy atom. The Bertz CT molecular complexity index is 444. The Hall–Kier alpha value is -2.18. The van der Waals surface area contributed by atoms with E-state index in [0.717, 1.165) is 0 Å². The molecular formula is C11H16N4O3. The highest BCUT2D eigenvalue weighted by molar-refractivity contribution is 5.65. The summed E-state index contributed by atoms with van der Waals surface area (Å²) in [6.07, 6.45) is 0.385. The summed E-state index contributed by atoms with van der Waals surface area (Å²) in [6.45, 7) is 0.953. The van der Waals surface area contributed by atoms with E-state index in [0.29, 0.717) is 37.5 Å². The van der Waals surface area contributed by atoms with Crippen LogP contribution in [0, 0.1) is 0 Å². The average molecular weight is 252 g/mol. The zero-order chi connectivity index (χ0) is 13.1. The molecule has 7 heteroatoms. The Kier molecular flexibility index (Phi) is 3.40. The van der Waals surface area contributed by atoms with Crippen LogP contribution < -0.4 is 16.2 Å². The maximum absolute atomic E-state index is 10.7. The van der Waals surface area contributed by atoms with Gasteiger partial charge in [0.1, 0.15) is 6.10 Å². The molecule has 0 radical (unpaired) electrons. The minimum absolute atomic E-state index is 0.0314. The third-order valence-electron chi connectivity index (χ3n) is 2.93. The van der Waals surface area contributed by atoms with Crippen LogP contribution in [-0.4, -0.2) is 40.3 Å². The van der Waals surface area contributed by atoms with Gasteiger partial charge in [-0.05, 0) is 6.07 Å². The van der Waals surface area contributed by atoms with Gasteiger partial charge in [0.05, 0.1) is 5.69 Å². The largest absolute Gasteiger partial charge is 0.474 e. The van der Waals surface area contributed by atoms with Gasteiger partial charge in [-0.25, -0.2) is 4.79 Å². The van der Waals surface area contributed by atoms with Crippen LogP contribution in [0.15, 0.2) is 12.1 Å². The van der Waals surface area contributed by atoms with Crippen molar-refractivity contribution in [2.45, 2.75) is 18.9 Å². The molecule has 2 rings (SSSR count). The van der Waals surface area contributed by atoms with Crippen LogP contribution in [0.3, 0.4) is 0 Å². The van der Waals surface area contributed by atoms with Gasteiger partial charge < -0.3 is 26.2 Å². The molecule has 0 atom stereocenters. The van der Waals surface area contributed by atoms with E-state index in [1.165, 1.54) is 4.90 Å².